The standard InChI is InChI=1S/C12H13BrO6/c1-17-7-4-6(5-8(14)18-2)9(12(15)16)11(19-3)10(7)13/h4H,5H2,1-3H3,(H,15,16). The lowest BCUT2D eigenvalue weighted by Gasteiger charge is -2.15. The van der Waals surface area contributed by atoms with E-state index >= 15 is 0 Å². The molecule has 0 spiro atoms. The third-order valence-electron chi connectivity index (χ3n) is 2.47. The summed E-state index contributed by atoms with van der Waals surface area (Å²) in [7, 11) is 4.01. The van der Waals surface area contributed by atoms with Gasteiger partial charge in [0.1, 0.15) is 15.8 Å². The summed E-state index contributed by atoms with van der Waals surface area (Å²) >= 11 is 3.21. The van der Waals surface area contributed by atoms with Gasteiger partial charge in [-0.3, -0.25) is 4.79 Å². The van der Waals surface area contributed by atoms with E-state index in [1.54, 1.807) is 0 Å². The van der Waals surface area contributed by atoms with Crippen molar-refractivity contribution in [3.05, 3.63) is 21.7 Å². The number of methoxy groups -OCH3 is 3. The summed E-state index contributed by atoms with van der Waals surface area (Å²) in [6, 6.07) is 1.47. The second kappa shape index (κ2) is 6.42. The van der Waals surface area contributed by atoms with Crippen molar-refractivity contribution >= 4 is 27.9 Å². The summed E-state index contributed by atoms with van der Waals surface area (Å²) in [5, 5.41) is 9.26. The second-order valence-corrected chi connectivity index (χ2v) is 4.31. The Morgan fingerprint density at radius 1 is 1.26 bits per heavy atom. The molecule has 0 radical (unpaired) electrons. The first-order valence-corrected chi connectivity index (χ1v) is 5.99. The van der Waals surface area contributed by atoms with Gasteiger partial charge in [0.2, 0.25) is 0 Å². The number of esters is 1. The van der Waals surface area contributed by atoms with Crippen LogP contribution in [-0.2, 0) is 16.0 Å². The van der Waals surface area contributed by atoms with E-state index in [1.165, 1.54) is 27.4 Å². The minimum atomic E-state index is -1.20. The molecule has 1 N–H and O–H groups in total. The van der Waals surface area contributed by atoms with Crippen LogP contribution in [-0.4, -0.2) is 38.4 Å². The normalized spacial score (nSPS) is 9.89. The molecule has 0 aliphatic rings. The topological polar surface area (TPSA) is 82.1 Å². The molecule has 104 valence electrons. The van der Waals surface area contributed by atoms with Gasteiger partial charge in [-0.15, -0.1) is 0 Å². The van der Waals surface area contributed by atoms with Gasteiger partial charge in [0.05, 0.1) is 27.8 Å². The van der Waals surface area contributed by atoms with Crippen molar-refractivity contribution in [2.75, 3.05) is 21.3 Å². The lowest BCUT2D eigenvalue weighted by atomic mass is 10.0. The van der Waals surface area contributed by atoms with Crippen LogP contribution >= 0.6 is 15.9 Å². The fourth-order valence-electron chi connectivity index (χ4n) is 1.60. The van der Waals surface area contributed by atoms with Crippen molar-refractivity contribution in [1.82, 2.24) is 0 Å². The number of carboxylic acid groups (broad SMARTS) is 1. The number of carbonyl (C=O) groups excluding carboxylic acids is 1. The minimum absolute atomic E-state index is 0.0967. The summed E-state index contributed by atoms with van der Waals surface area (Å²) < 4.78 is 15.1. The molecule has 0 aromatic heterocycles. The first kappa shape index (κ1) is 15.3. The molecule has 0 bridgehead atoms. The smallest absolute Gasteiger partial charge is 0.339 e. The molecule has 0 amide bonds. The highest BCUT2D eigenvalue weighted by Crippen LogP contribution is 2.39. The van der Waals surface area contributed by atoms with Crippen LogP contribution in [0.15, 0.2) is 10.5 Å². The van der Waals surface area contributed by atoms with E-state index in [2.05, 4.69) is 20.7 Å². The summed E-state index contributed by atoms with van der Waals surface area (Å²) in [6.07, 6.45) is -0.182. The second-order valence-electron chi connectivity index (χ2n) is 3.52. The maximum absolute atomic E-state index is 11.3. The minimum Gasteiger partial charge on any atom is -0.495 e. The Hall–Kier alpha value is -1.76. The van der Waals surface area contributed by atoms with Crippen molar-refractivity contribution in [2.45, 2.75) is 6.42 Å². The van der Waals surface area contributed by atoms with Crippen LogP contribution in [0, 0.1) is 0 Å². The van der Waals surface area contributed by atoms with E-state index in [1.807, 2.05) is 0 Å². The third kappa shape index (κ3) is 3.17. The molecule has 0 aliphatic carbocycles. The Morgan fingerprint density at radius 3 is 2.32 bits per heavy atom. The van der Waals surface area contributed by atoms with Crippen LogP contribution in [0.2, 0.25) is 0 Å². The molecular formula is C12H13BrO6. The number of hydrogen-bond acceptors (Lipinski definition) is 5. The van der Waals surface area contributed by atoms with E-state index in [0.29, 0.717) is 10.2 Å². The number of hydrogen-bond donors (Lipinski definition) is 1. The molecular weight excluding hydrogens is 320 g/mol. The van der Waals surface area contributed by atoms with E-state index in [4.69, 9.17) is 9.47 Å². The molecule has 19 heavy (non-hydrogen) atoms. The van der Waals surface area contributed by atoms with E-state index < -0.39 is 11.9 Å². The van der Waals surface area contributed by atoms with Gasteiger partial charge >= 0.3 is 11.9 Å². The maximum atomic E-state index is 11.3. The van der Waals surface area contributed by atoms with Gasteiger partial charge in [-0.1, -0.05) is 0 Å². The molecule has 0 saturated heterocycles. The van der Waals surface area contributed by atoms with Crippen LogP contribution in [0.3, 0.4) is 0 Å². The molecule has 1 rings (SSSR count). The average molecular weight is 333 g/mol. The van der Waals surface area contributed by atoms with Gasteiger partial charge in [-0.2, -0.15) is 0 Å². The maximum Gasteiger partial charge on any atom is 0.339 e. The Bertz CT molecular complexity index is 511. The molecule has 0 unspecified atom stereocenters. The zero-order valence-corrected chi connectivity index (χ0v) is 12.2. The monoisotopic (exact) mass is 332 g/mol. The predicted molar refractivity (Wildman–Crippen MR) is 69.9 cm³/mol. The fourth-order valence-corrected chi connectivity index (χ4v) is 2.24. The molecule has 0 atom stereocenters. The number of ether oxygens (including phenoxy) is 3. The van der Waals surface area contributed by atoms with E-state index in [9.17, 15) is 14.7 Å². The first-order chi connectivity index (χ1) is 8.96. The summed E-state index contributed by atoms with van der Waals surface area (Å²) in [5.41, 5.74) is 0.164. The van der Waals surface area contributed by atoms with Crippen LogP contribution in [0.4, 0.5) is 0 Å². The Balaban J connectivity index is 3.49. The highest BCUT2D eigenvalue weighted by Gasteiger charge is 2.24. The Kier molecular flexibility index (Phi) is 5.17. The lowest BCUT2D eigenvalue weighted by Crippen LogP contribution is -2.12. The van der Waals surface area contributed by atoms with Crippen LogP contribution < -0.4 is 9.47 Å². The first-order valence-electron chi connectivity index (χ1n) is 5.19. The molecule has 1 aromatic carbocycles. The number of carbonyl (C=O) groups is 2. The van der Waals surface area contributed by atoms with Gasteiger partial charge in [-0.25, -0.2) is 4.79 Å². The lowest BCUT2D eigenvalue weighted by molar-refractivity contribution is -0.139. The average Bonchev–Trinajstić information content (AvgIpc) is 2.39. The largest absolute Gasteiger partial charge is 0.495 e. The number of aromatic carboxylic acids is 1. The quantitative estimate of drug-likeness (QED) is 0.829. The zero-order valence-electron chi connectivity index (χ0n) is 10.7. The van der Waals surface area contributed by atoms with Gasteiger partial charge in [-0.05, 0) is 27.6 Å². The van der Waals surface area contributed by atoms with Gasteiger partial charge in [0.15, 0.2) is 5.75 Å². The number of carboxylic acids is 1. The van der Waals surface area contributed by atoms with E-state index in [-0.39, 0.29) is 23.3 Å². The molecule has 0 aliphatic heterocycles. The van der Waals surface area contributed by atoms with Crippen LogP contribution in [0.25, 0.3) is 0 Å². The van der Waals surface area contributed by atoms with Crippen molar-refractivity contribution in [3.63, 3.8) is 0 Å². The number of benzene rings is 1. The summed E-state index contributed by atoms with van der Waals surface area (Å²) in [6.45, 7) is 0. The Labute approximate surface area is 118 Å². The van der Waals surface area contributed by atoms with E-state index in [0.717, 1.165) is 0 Å². The summed E-state index contributed by atoms with van der Waals surface area (Å²) in [5.74, 6) is -1.26. The van der Waals surface area contributed by atoms with Crippen molar-refractivity contribution in [2.24, 2.45) is 0 Å². The highest BCUT2D eigenvalue weighted by atomic mass is 79.9. The number of halogens is 1. The third-order valence-corrected chi connectivity index (χ3v) is 3.22. The van der Waals surface area contributed by atoms with Gasteiger partial charge < -0.3 is 19.3 Å². The molecule has 1 aromatic rings. The molecule has 6 nitrogen and oxygen atoms in total. The summed E-state index contributed by atoms with van der Waals surface area (Å²) in [4.78, 5) is 22.7. The predicted octanol–water partition coefficient (Wildman–Crippen LogP) is 1.88. The van der Waals surface area contributed by atoms with Crippen molar-refractivity contribution < 1.29 is 28.9 Å². The van der Waals surface area contributed by atoms with Crippen molar-refractivity contribution in [1.29, 1.82) is 0 Å². The molecule has 0 heterocycles. The van der Waals surface area contributed by atoms with Crippen LogP contribution in [0.1, 0.15) is 15.9 Å². The fraction of sp³-hybridized carbons (Fsp3) is 0.333. The molecule has 0 saturated carbocycles. The van der Waals surface area contributed by atoms with Crippen LogP contribution in [0.5, 0.6) is 11.5 Å². The van der Waals surface area contributed by atoms with Crippen molar-refractivity contribution in [3.8, 4) is 11.5 Å². The van der Waals surface area contributed by atoms with Gasteiger partial charge in [0.25, 0.3) is 0 Å². The Morgan fingerprint density at radius 2 is 1.89 bits per heavy atom. The zero-order chi connectivity index (χ0) is 14.6. The molecule has 7 heteroatoms. The number of rotatable bonds is 5. The van der Waals surface area contributed by atoms with Gasteiger partial charge in [0, 0.05) is 0 Å². The SMILES string of the molecule is COC(=O)Cc1cc(OC)c(Br)c(OC)c1C(=O)O. The molecule has 0 fully saturated rings. The highest BCUT2D eigenvalue weighted by molar-refractivity contribution is 9.10.